The van der Waals surface area contributed by atoms with Crippen LogP contribution in [0.2, 0.25) is 0 Å². The molecule has 3 rings (SSSR count). The van der Waals surface area contributed by atoms with Gasteiger partial charge in [0.25, 0.3) is 0 Å². The second-order valence-corrected chi connectivity index (χ2v) is 8.16. The van der Waals surface area contributed by atoms with Gasteiger partial charge in [-0.15, -0.1) is 0 Å². The van der Waals surface area contributed by atoms with E-state index in [1.54, 1.807) is 0 Å². The van der Waals surface area contributed by atoms with E-state index < -0.39 is 0 Å². The highest BCUT2D eigenvalue weighted by molar-refractivity contribution is 5.25. The highest BCUT2D eigenvalue weighted by Crippen LogP contribution is 2.20. The minimum atomic E-state index is 0.599. The Morgan fingerprint density at radius 1 is 0.962 bits per heavy atom. The fourth-order valence-electron chi connectivity index (χ4n) is 4.00. The molecule has 140 valence electrons. The minimum absolute atomic E-state index is 0.599. The topological polar surface area (TPSA) is 6.48 Å². The van der Waals surface area contributed by atoms with Crippen LogP contribution in [0.3, 0.4) is 0 Å². The predicted octanol–water partition coefficient (Wildman–Crippen LogP) is 5.30. The average molecular weight is 351 g/mol. The van der Waals surface area contributed by atoms with E-state index in [1.165, 1.54) is 42.5 Å². The van der Waals surface area contributed by atoms with E-state index in [0.29, 0.717) is 5.92 Å². The van der Waals surface area contributed by atoms with Crippen molar-refractivity contribution < 1.29 is 0 Å². The summed E-state index contributed by atoms with van der Waals surface area (Å²) in [7, 11) is 2.28. The summed E-state index contributed by atoms with van der Waals surface area (Å²) in [5.41, 5.74) is 4.26. The molecule has 1 saturated heterocycles. The van der Waals surface area contributed by atoms with Crippen LogP contribution in [0.15, 0.2) is 54.6 Å². The maximum atomic E-state index is 2.62. The van der Waals surface area contributed by atoms with Gasteiger partial charge in [0.1, 0.15) is 0 Å². The standard InChI is InChI=1S/C24H34N2/c1-20(2)23-13-11-22(12-14-23)19-26(18-21-8-5-4-6-9-21)17-15-24-10-7-16-25(24)3/h4-6,8-9,11-14,20,24H,7,10,15-19H2,1-3H3. The van der Waals surface area contributed by atoms with E-state index in [1.807, 2.05) is 0 Å². The SMILES string of the molecule is CC(C)c1ccc(CN(CCC2CCCN2C)Cc2ccccc2)cc1. The number of nitrogens with zero attached hydrogens (tertiary/aromatic N) is 2. The van der Waals surface area contributed by atoms with Gasteiger partial charge in [-0.3, -0.25) is 4.90 Å². The van der Waals surface area contributed by atoms with Gasteiger partial charge in [0, 0.05) is 25.7 Å². The Kier molecular flexibility index (Phi) is 6.87. The van der Waals surface area contributed by atoms with Crippen molar-refractivity contribution in [3.63, 3.8) is 0 Å². The van der Waals surface area contributed by atoms with Gasteiger partial charge in [-0.25, -0.2) is 0 Å². The lowest BCUT2D eigenvalue weighted by Crippen LogP contribution is -2.31. The summed E-state index contributed by atoms with van der Waals surface area (Å²) in [6, 6.07) is 20.9. The average Bonchev–Trinajstić information content (AvgIpc) is 3.06. The smallest absolute Gasteiger partial charge is 0.0237 e. The Morgan fingerprint density at radius 3 is 2.19 bits per heavy atom. The Hall–Kier alpha value is -1.64. The van der Waals surface area contributed by atoms with Crippen LogP contribution in [0.25, 0.3) is 0 Å². The summed E-state index contributed by atoms with van der Waals surface area (Å²) in [5, 5.41) is 0. The molecule has 0 bridgehead atoms. The molecule has 0 amide bonds. The Morgan fingerprint density at radius 2 is 1.62 bits per heavy atom. The van der Waals surface area contributed by atoms with Gasteiger partial charge in [0.15, 0.2) is 0 Å². The first-order chi connectivity index (χ1) is 12.6. The molecule has 2 nitrogen and oxygen atoms in total. The third-order valence-electron chi connectivity index (χ3n) is 5.75. The van der Waals surface area contributed by atoms with Crippen LogP contribution < -0.4 is 0 Å². The van der Waals surface area contributed by atoms with Crippen LogP contribution in [0.4, 0.5) is 0 Å². The predicted molar refractivity (Wildman–Crippen MR) is 111 cm³/mol. The second kappa shape index (κ2) is 9.34. The van der Waals surface area contributed by atoms with Crippen molar-refractivity contribution in [2.45, 2.75) is 58.2 Å². The van der Waals surface area contributed by atoms with Gasteiger partial charge in [0.2, 0.25) is 0 Å². The number of benzene rings is 2. The molecule has 2 aromatic carbocycles. The van der Waals surface area contributed by atoms with E-state index >= 15 is 0 Å². The molecule has 1 aliphatic rings. The molecule has 0 aliphatic carbocycles. The molecule has 1 atom stereocenters. The van der Waals surface area contributed by atoms with Crippen molar-refractivity contribution in [2.24, 2.45) is 0 Å². The highest BCUT2D eigenvalue weighted by atomic mass is 15.2. The molecular formula is C24H34N2. The van der Waals surface area contributed by atoms with Crippen molar-refractivity contribution in [1.29, 1.82) is 0 Å². The monoisotopic (exact) mass is 350 g/mol. The summed E-state index contributed by atoms with van der Waals surface area (Å²) >= 11 is 0. The summed E-state index contributed by atoms with van der Waals surface area (Å²) < 4.78 is 0. The molecule has 0 aromatic heterocycles. The van der Waals surface area contributed by atoms with Crippen LogP contribution >= 0.6 is 0 Å². The molecule has 0 spiro atoms. The number of hydrogen-bond donors (Lipinski definition) is 0. The minimum Gasteiger partial charge on any atom is -0.303 e. The molecule has 2 aromatic rings. The van der Waals surface area contributed by atoms with Crippen molar-refractivity contribution in [1.82, 2.24) is 9.80 Å². The summed E-state index contributed by atoms with van der Waals surface area (Å²) in [5.74, 6) is 0.599. The zero-order valence-corrected chi connectivity index (χ0v) is 16.7. The molecule has 2 heteroatoms. The maximum Gasteiger partial charge on any atom is 0.0237 e. The molecule has 1 unspecified atom stereocenters. The first-order valence-electron chi connectivity index (χ1n) is 10.2. The summed E-state index contributed by atoms with van der Waals surface area (Å²) in [6.07, 6.45) is 3.99. The van der Waals surface area contributed by atoms with Gasteiger partial charge in [-0.2, -0.15) is 0 Å². The fraction of sp³-hybridized carbons (Fsp3) is 0.500. The quantitative estimate of drug-likeness (QED) is 0.638. The molecule has 0 saturated carbocycles. The Bertz CT molecular complexity index is 648. The normalized spacial score (nSPS) is 18.1. The van der Waals surface area contributed by atoms with Gasteiger partial charge >= 0.3 is 0 Å². The van der Waals surface area contributed by atoms with Gasteiger partial charge < -0.3 is 4.90 Å². The molecule has 1 aliphatic heterocycles. The van der Waals surface area contributed by atoms with Crippen molar-refractivity contribution in [3.05, 3.63) is 71.3 Å². The van der Waals surface area contributed by atoms with Crippen LogP contribution in [0.5, 0.6) is 0 Å². The van der Waals surface area contributed by atoms with E-state index in [0.717, 1.165) is 25.7 Å². The zero-order valence-electron chi connectivity index (χ0n) is 16.7. The third kappa shape index (κ3) is 5.43. The van der Waals surface area contributed by atoms with Gasteiger partial charge in [0.05, 0.1) is 0 Å². The molecule has 1 heterocycles. The Labute approximate surface area is 159 Å². The lowest BCUT2D eigenvalue weighted by Gasteiger charge is -2.26. The lowest BCUT2D eigenvalue weighted by atomic mass is 10.0. The number of likely N-dealkylation sites (tertiary alicyclic amines) is 1. The number of hydrogen-bond acceptors (Lipinski definition) is 2. The number of rotatable bonds is 8. The van der Waals surface area contributed by atoms with Gasteiger partial charge in [-0.1, -0.05) is 68.4 Å². The fourth-order valence-corrected chi connectivity index (χ4v) is 4.00. The van der Waals surface area contributed by atoms with Crippen molar-refractivity contribution in [2.75, 3.05) is 20.1 Å². The van der Waals surface area contributed by atoms with Crippen LogP contribution in [-0.4, -0.2) is 36.0 Å². The molecular weight excluding hydrogens is 316 g/mol. The van der Waals surface area contributed by atoms with Crippen molar-refractivity contribution in [3.8, 4) is 0 Å². The maximum absolute atomic E-state index is 2.62. The van der Waals surface area contributed by atoms with Crippen LogP contribution in [0, 0.1) is 0 Å². The molecule has 0 radical (unpaired) electrons. The lowest BCUT2D eigenvalue weighted by molar-refractivity contribution is 0.211. The largest absolute Gasteiger partial charge is 0.303 e. The van der Waals surface area contributed by atoms with E-state index in [-0.39, 0.29) is 0 Å². The van der Waals surface area contributed by atoms with E-state index in [2.05, 4.69) is 85.3 Å². The van der Waals surface area contributed by atoms with E-state index in [9.17, 15) is 0 Å². The molecule has 1 fully saturated rings. The highest BCUT2D eigenvalue weighted by Gasteiger charge is 2.21. The summed E-state index contributed by atoms with van der Waals surface area (Å²) in [6.45, 7) is 9.01. The zero-order chi connectivity index (χ0) is 18.4. The van der Waals surface area contributed by atoms with Crippen molar-refractivity contribution >= 4 is 0 Å². The third-order valence-corrected chi connectivity index (χ3v) is 5.75. The Balaban J connectivity index is 1.65. The first kappa shape index (κ1) is 19.1. The van der Waals surface area contributed by atoms with Crippen LogP contribution in [0.1, 0.15) is 55.7 Å². The molecule has 0 N–H and O–H groups in total. The van der Waals surface area contributed by atoms with E-state index in [4.69, 9.17) is 0 Å². The van der Waals surface area contributed by atoms with Crippen LogP contribution in [-0.2, 0) is 13.1 Å². The second-order valence-electron chi connectivity index (χ2n) is 8.16. The van der Waals surface area contributed by atoms with Gasteiger partial charge in [-0.05, 0) is 55.5 Å². The first-order valence-corrected chi connectivity index (χ1v) is 10.2. The summed E-state index contributed by atoms with van der Waals surface area (Å²) in [4.78, 5) is 5.16. The molecule has 26 heavy (non-hydrogen) atoms.